The van der Waals surface area contributed by atoms with E-state index in [1.165, 1.54) is 5.56 Å². The van der Waals surface area contributed by atoms with Gasteiger partial charge in [-0.2, -0.15) is 0 Å². The van der Waals surface area contributed by atoms with Crippen LogP contribution in [-0.2, 0) is 22.6 Å². The molecule has 1 N–H and O–H groups in total. The van der Waals surface area contributed by atoms with Crippen molar-refractivity contribution in [2.75, 3.05) is 6.61 Å². The summed E-state index contributed by atoms with van der Waals surface area (Å²) in [7, 11) is 0. The zero-order chi connectivity index (χ0) is 12.3. The van der Waals surface area contributed by atoms with Crippen LogP contribution in [0.2, 0.25) is 0 Å². The lowest BCUT2D eigenvalue weighted by Gasteiger charge is -2.04. The topological polar surface area (TPSA) is 46.5 Å². The molecule has 2 rings (SSSR count). The molecule has 0 radical (unpaired) electrons. The van der Waals surface area contributed by atoms with Crippen molar-refractivity contribution in [2.45, 2.75) is 26.4 Å². The second-order valence-corrected chi connectivity index (χ2v) is 4.07. The van der Waals surface area contributed by atoms with Gasteiger partial charge in [-0.25, -0.2) is 4.79 Å². The van der Waals surface area contributed by atoms with Gasteiger partial charge in [0.25, 0.3) is 0 Å². The van der Waals surface area contributed by atoms with Gasteiger partial charge in [-0.15, -0.1) is 0 Å². The minimum absolute atomic E-state index is 0.0277. The molecule has 0 heterocycles. The van der Waals surface area contributed by atoms with Crippen LogP contribution in [0.5, 0.6) is 0 Å². The smallest absolute Gasteiger partial charge is 0.331 e. The minimum atomic E-state index is -0.287. The van der Waals surface area contributed by atoms with Crippen molar-refractivity contribution >= 4 is 11.5 Å². The highest BCUT2D eigenvalue weighted by molar-refractivity contribution is 5.93. The van der Waals surface area contributed by atoms with Crippen molar-refractivity contribution in [3.63, 3.8) is 0 Å². The van der Waals surface area contributed by atoms with E-state index >= 15 is 0 Å². The Balaban J connectivity index is 2.29. The van der Waals surface area contributed by atoms with Gasteiger partial charge in [0.15, 0.2) is 0 Å². The minimum Gasteiger partial charge on any atom is -0.463 e. The molecule has 0 aliphatic heterocycles. The molecule has 0 aromatic heterocycles. The first-order chi connectivity index (χ1) is 8.24. The Morgan fingerprint density at radius 1 is 1.47 bits per heavy atom. The molecule has 0 fully saturated rings. The Hall–Kier alpha value is -1.61. The summed E-state index contributed by atoms with van der Waals surface area (Å²) < 4.78 is 4.91. The molecule has 0 amide bonds. The van der Waals surface area contributed by atoms with Gasteiger partial charge in [0, 0.05) is 6.08 Å². The van der Waals surface area contributed by atoms with Crippen LogP contribution in [0.15, 0.2) is 24.3 Å². The Morgan fingerprint density at radius 2 is 2.29 bits per heavy atom. The molecule has 1 aromatic carbocycles. The Bertz CT molecular complexity index is 461. The number of aliphatic hydroxyl groups excluding tert-OH is 1. The lowest BCUT2D eigenvalue weighted by atomic mass is 10.0. The van der Waals surface area contributed by atoms with Gasteiger partial charge in [0.05, 0.1) is 13.2 Å². The maximum Gasteiger partial charge on any atom is 0.331 e. The maximum atomic E-state index is 11.4. The number of hydrogen-bond acceptors (Lipinski definition) is 3. The first kappa shape index (κ1) is 11.9. The number of allylic oxidation sites excluding steroid dienone is 1. The lowest BCUT2D eigenvalue weighted by Crippen LogP contribution is -2.00. The third kappa shape index (κ3) is 2.56. The monoisotopic (exact) mass is 232 g/mol. The summed E-state index contributed by atoms with van der Waals surface area (Å²) in [5.74, 6) is -0.287. The fourth-order valence-corrected chi connectivity index (χ4v) is 2.12. The quantitative estimate of drug-likeness (QED) is 0.641. The van der Waals surface area contributed by atoms with E-state index in [0.717, 1.165) is 29.5 Å². The van der Waals surface area contributed by atoms with Gasteiger partial charge in [-0.1, -0.05) is 12.1 Å². The standard InChI is InChI=1S/C14H16O3/c1-2-17-14(16)8-12-6-5-11-4-3-10(9-15)7-13(11)12/h3-4,7-8,15H,2,5-6,9H2,1H3/b12-8+. The highest BCUT2D eigenvalue weighted by Gasteiger charge is 2.17. The molecule has 3 heteroatoms. The van der Waals surface area contributed by atoms with E-state index in [4.69, 9.17) is 9.84 Å². The lowest BCUT2D eigenvalue weighted by molar-refractivity contribution is -0.137. The molecule has 0 unspecified atom stereocenters. The van der Waals surface area contributed by atoms with Crippen molar-refractivity contribution in [1.82, 2.24) is 0 Å². The molecule has 0 saturated heterocycles. The summed E-state index contributed by atoms with van der Waals surface area (Å²) in [6.07, 6.45) is 3.38. The van der Waals surface area contributed by atoms with E-state index in [1.807, 2.05) is 18.2 Å². The summed E-state index contributed by atoms with van der Waals surface area (Å²) >= 11 is 0. The zero-order valence-corrected chi connectivity index (χ0v) is 9.90. The second kappa shape index (κ2) is 5.15. The maximum absolute atomic E-state index is 11.4. The molecule has 1 aliphatic rings. The van der Waals surface area contributed by atoms with Crippen molar-refractivity contribution in [1.29, 1.82) is 0 Å². The predicted molar refractivity (Wildman–Crippen MR) is 65.3 cm³/mol. The van der Waals surface area contributed by atoms with Gasteiger partial charge >= 0.3 is 5.97 Å². The molecule has 0 spiro atoms. The summed E-state index contributed by atoms with van der Waals surface area (Å²) in [6.45, 7) is 2.22. The Kier molecular flexibility index (Phi) is 3.59. The molecule has 1 aliphatic carbocycles. The SMILES string of the molecule is CCOC(=O)/C=C1\CCc2ccc(CO)cc21. The number of esters is 1. The van der Waals surface area contributed by atoms with Crippen molar-refractivity contribution < 1.29 is 14.6 Å². The molecule has 1 aromatic rings. The van der Waals surface area contributed by atoms with Crippen LogP contribution in [0.4, 0.5) is 0 Å². The number of fused-ring (bicyclic) bond motifs is 1. The number of aryl methyl sites for hydroxylation is 1. The molecular formula is C14H16O3. The van der Waals surface area contributed by atoms with Crippen molar-refractivity contribution in [3.05, 3.63) is 41.0 Å². The summed E-state index contributed by atoms with van der Waals surface area (Å²) in [4.78, 5) is 11.4. The number of rotatable bonds is 3. The zero-order valence-electron chi connectivity index (χ0n) is 9.90. The van der Waals surface area contributed by atoms with Crippen molar-refractivity contribution in [3.8, 4) is 0 Å². The molecule has 17 heavy (non-hydrogen) atoms. The van der Waals surface area contributed by atoms with Gasteiger partial charge < -0.3 is 9.84 Å². The summed E-state index contributed by atoms with van der Waals surface area (Å²) in [5, 5.41) is 9.11. The van der Waals surface area contributed by atoms with Crippen LogP contribution < -0.4 is 0 Å². The number of ether oxygens (including phenoxy) is 1. The van der Waals surface area contributed by atoms with E-state index in [-0.39, 0.29) is 12.6 Å². The van der Waals surface area contributed by atoms with E-state index in [0.29, 0.717) is 6.61 Å². The van der Waals surface area contributed by atoms with Gasteiger partial charge in [0.1, 0.15) is 0 Å². The highest BCUT2D eigenvalue weighted by atomic mass is 16.5. The van der Waals surface area contributed by atoms with Crippen LogP contribution in [0.25, 0.3) is 5.57 Å². The normalized spacial score (nSPS) is 16.0. The third-order valence-electron chi connectivity index (χ3n) is 2.95. The second-order valence-electron chi connectivity index (χ2n) is 4.07. The summed E-state index contributed by atoms with van der Waals surface area (Å²) in [5.41, 5.74) is 4.19. The van der Waals surface area contributed by atoms with Crippen LogP contribution in [0.3, 0.4) is 0 Å². The summed E-state index contributed by atoms with van der Waals surface area (Å²) in [6, 6.07) is 5.90. The largest absolute Gasteiger partial charge is 0.463 e. The molecule has 3 nitrogen and oxygen atoms in total. The van der Waals surface area contributed by atoms with E-state index < -0.39 is 0 Å². The van der Waals surface area contributed by atoms with Crippen LogP contribution in [-0.4, -0.2) is 17.7 Å². The number of carbonyl (C=O) groups is 1. The fourth-order valence-electron chi connectivity index (χ4n) is 2.12. The van der Waals surface area contributed by atoms with Gasteiger partial charge in [0.2, 0.25) is 0 Å². The number of carbonyl (C=O) groups excluding carboxylic acids is 1. The fraction of sp³-hybridized carbons (Fsp3) is 0.357. The van der Waals surface area contributed by atoms with Crippen LogP contribution in [0.1, 0.15) is 30.0 Å². The van der Waals surface area contributed by atoms with Crippen LogP contribution in [0, 0.1) is 0 Å². The number of aliphatic hydroxyl groups is 1. The molecular weight excluding hydrogens is 216 g/mol. The predicted octanol–water partition coefficient (Wildman–Crippen LogP) is 2.07. The molecule has 0 atom stereocenters. The first-order valence-electron chi connectivity index (χ1n) is 5.85. The highest BCUT2D eigenvalue weighted by Crippen LogP contribution is 2.32. The van der Waals surface area contributed by atoms with Crippen LogP contribution >= 0.6 is 0 Å². The molecule has 0 bridgehead atoms. The first-order valence-corrected chi connectivity index (χ1v) is 5.85. The average molecular weight is 232 g/mol. The molecule has 90 valence electrons. The van der Waals surface area contributed by atoms with E-state index in [1.54, 1.807) is 13.0 Å². The Labute approximate surface area is 101 Å². The third-order valence-corrected chi connectivity index (χ3v) is 2.95. The Morgan fingerprint density at radius 3 is 3.00 bits per heavy atom. The van der Waals surface area contributed by atoms with E-state index in [9.17, 15) is 4.79 Å². The van der Waals surface area contributed by atoms with E-state index in [2.05, 4.69) is 0 Å². The van der Waals surface area contributed by atoms with Gasteiger partial charge in [-0.3, -0.25) is 0 Å². The van der Waals surface area contributed by atoms with Crippen molar-refractivity contribution in [2.24, 2.45) is 0 Å². The molecule has 0 saturated carbocycles. The number of benzene rings is 1. The number of hydrogen-bond donors (Lipinski definition) is 1. The van der Waals surface area contributed by atoms with Gasteiger partial charge in [-0.05, 0) is 48.1 Å². The average Bonchev–Trinajstić information content (AvgIpc) is 2.72.